The molecule has 2 atom stereocenters. The van der Waals surface area contributed by atoms with E-state index in [9.17, 15) is 8.78 Å². The topological polar surface area (TPSA) is 26.0 Å². The third-order valence-corrected chi connectivity index (χ3v) is 3.54. The summed E-state index contributed by atoms with van der Waals surface area (Å²) in [5.41, 5.74) is 7.87. The predicted molar refractivity (Wildman–Crippen MR) is 60.1 cm³/mol. The predicted octanol–water partition coefficient (Wildman–Crippen LogP) is 3.25. The number of rotatable bonds is 0. The SMILES string of the molecule is Cc1c(F)cc(F)c2c1C(N)CC(C)CC2. The Morgan fingerprint density at radius 1 is 1.31 bits per heavy atom. The maximum absolute atomic E-state index is 13.7. The third-order valence-electron chi connectivity index (χ3n) is 3.54. The van der Waals surface area contributed by atoms with Gasteiger partial charge in [0.05, 0.1) is 0 Å². The molecule has 0 spiro atoms. The second-order valence-electron chi connectivity index (χ2n) is 4.84. The Kier molecular flexibility index (Phi) is 2.98. The molecule has 0 bridgehead atoms. The lowest BCUT2D eigenvalue weighted by Crippen LogP contribution is -2.15. The average Bonchev–Trinajstić information content (AvgIpc) is 2.34. The second kappa shape index (κ2) is 4.13. The minimum absolute atomic E-state index is 0.238. The summed E-state index contributed by atoms with van der Waals surface area (Å²) in [5.74, 6) is -0.465. The molecule has 0 aromatic heterocycles. The Morgan fingerprint density at radius 3 is 2.69 bits per heavy atom. The highest BCUT2D eigenvalue weighted by Gasteiger charge is 2.25. The van der Waals surface area contributed by atoms with Crippen molar-refractivity contribution >= 4 is 0 Å². The summed E-state index contributed by atoms with van der Waals surface area (Å²) in [6, 6.07) is 0.745. The lowest BCUT2D eigenvalue weighted by molar-refractivity contribution is 0.462. The van der Waals surface area contributed by atoms with E-state index in [0.717, 1.165) is 18.9 Å². The van der Waals surface area contributed by atoms with Crippen molar-refractivity contribution in [2.24, 2.45) is 11.7 Å². The second-order valence-corrected chi connectivity index (χ2v) is 4.84. The van der Waals surface area contributed by atoms with Gasteiger partial charge in [-0.05, 0) is 48.8 Å². The van der Waals surface area contributed by atoms with Crippen LogP contribution < -0.4 is 5.73 Å². The molecule has 3 heteroatoms. The van der Waals surface area contributed by atoms with Crippen LogP contribution in [0.25, 0.3) is 0 Å². The van der Waals surface area contributed by atoms with Gasteiger partial charge in [-0.25, -0.2) is 8.78 Å². The first-order valence-corrected chi connectivity index (χ1v) is 5.73. The molecule has 1 aliphatic carbocycles. The third kappa shape index (κ3) is 1.84. The van der Waals surface area contributed by atoms with Crippen molar-refractivity contribution in [2.45, 2.75) is 39.2 Å². The van der Waals surface area contributed by atoms with Crippen molar-refractivity contribution < 1.29 is 8.78 Å². The van der Waals surface area contributed by atoms with Crippen molar-refractivity contribution in [1.82, 2.24) is 0 Å². The Bertz CT molecular complexity index is 415. The molecule has 2 unspecified atom stereocenters. The zero-order valence-corrected chi connectivity index (χ0v) is 9.69. The highest BCUT2D eigenvalue weighted by atomic mass is 19.1. The van der Waals surface area contributed by atoms with E-state index >= 15 is 0 Å². The fourth-order valence-corrected chi connectivity index (χ4v) is 2.61. The number of hydrogen-bond donors (Lipinski definition) is 1. The molecule has 0 amide bonds. The molecule has 1 aromatic carbocycles. The van der Waals surface area contributed by atoms with Gasteiger partial charge >= 0.3 is 0 Å². The van der Waals surface area contributed by atoms with E-state index in [1.807, 2.05) is 0 Å². The monoisotopic (exact) mass is 225 g/mol. The van der Waals surface area contributed by atoms with Crippen LogP contribution in [0.1, 0.15) is 42.5 Å². The Labute approximate surface area is 94.7 Å². The summed E-state index contributed by atoms with van der Waals surface area (Å²) in [4.78, 5) is 0. The smallest absolute Gasteiger partial charge is 0.129 e. The highest BCUT2D eigenvalue weighted by Crippen LogP contribution is 2.34. The number of nitrogens with two attached hydrogens (primary N) is 1. The van der Waals surface area contributed by atoms with Crippen LogP contribution >= 0.6 is 0 Å². The van der Waals surface area contributed by atoms with Crippen LogP contribution in [0.4, 0.5) is 8.78 Å². The summed E-state index contributed by atoms with van der Waals surface area (Å²) in [7, 11) is 0. The van der Waals surface area contributed by atoms with E-state index in [1.54, 1.807) is 6.92 Å². The zero-order chi connectivity index (χ0) is 11.9. The van der Waals surface area contributed by atoms with Gasteiger partial charge in [0.2, 0.25) is 0 Å². The number of benzene rings is 1. The van der Waals surface area contributed by atoms with Gasteiger partial charge in [0.25, 0.3) is 0 Å². The minimum Gasteiger partial charge on any atom is -0.324 e. The zero-order valence-electron chi connectivity index (χ0n) is 9.69. The van der Waals surface area contributed by atoms with E-state index in [2.05, 4.69) is 6.92 Å². The first kappa shape index (κ1) is 11.5. The van der Waals surface area contributed by atoms with Gasteiger partial charge in [0.1, 0.15) is 11.6 Å². The molecule has 0 saturated carbocycles. The normalized spacial score (nSPS) is 25.1. The van der Waals surface area contributed by atoms with Crippen LogP contribution in [-0.4, -0.2) is 0 Å². The first-order chi connectivity index (χ1) is 7.50. The lowest BCUT2D eigenvalue weighted by Gasteiger charge is -2.17. The molecule has 0 radical (unpaired) electrons. The van der Waals surface area contributed by atoms with Crippen LogP contribution in [0.2, 0.25) is 0 Å². The summed E-state index contributed by atoms with van der Waals surface area (Å²) in [6.07, 6.45) is 2.39. The van der Waals surface area contributed by atoms with Gasteiger partial charge in [-0.2, -0.15) is 0 Å². The Balaban J connectivity index is 2.59. The lowest BCUT2D eigenvalue weighted by atomic mass is 9.93. The van der Waals surface area contributed by atoms with Crippen molar-refractivity contribution in [2.75, 3.05) is 0 Å². The van der Waals surface area contributed by atoms with Gasteiger partial charge in [0.15, 0.2) is 0 Å². The van der Waals surface area contributed by atoms with Crippen LogP contribution in [0.5, 0.6) is 0 Å². The molecule has 0 aliphatic heterocycles. The van der Waals surface area contributed by atoms with Crippen molar-refractivity contribution in [3.63, 3.8) is 0 Å². The van der Waals surface area contributed by atoms with Gasteiger partial charge < -0.3 is 5.73 Å². The molecular formula is C13H17F2N. The number of hydrogen-bond acceptors (Lipinski definition) is 1. The molecule has 1 aromatic rings. The van der Waals surface area contributed by atoms with E-state index in [0.29, 0.717) is 29.0 Å². The molecule has 0 fully saturated rings. The largest absolute Gasteiger partial charge is 0.324 e. The van der Waals surface area contributed by atoms with E-state index in [-0.39, 0.29) is 6.04 Å². The van der Waals surface area contributed by atoms with Crippen LogP contribution in [0, 0.1) is 24.5 Å². The summed E-state index contributed by atoms with van der Waals surface area (Å²) >= 11 is 0. The molecule has 88 valence electrons. The van der Waals surface area contributed by atoms with Crippen LogP contribution in [-0.2, 0) is 6.42 Å². The van der Waals surface area contributed by atoms with Gasteiger partial charge in [-0.1, -0.05) is 6.92 Å². The summed E-state index contributed by atoms with van der Waals surface area (Å²) < 4.78 is 27.2. The molecule has 2 rings (SSSR count). The Morgan fingerprint density at radius 2 is 2.00 bits per heavy atom. The van der Waals surface area contributed by atoms with Crippen LogP contribution in [0.3, 0.4) is 0 Å². The molecule has 1 aliphatic rings. The summed E-state index contributed by atoms with van der Waals surface area (Å²) in [6.45, 7) is 3.79. The molecular weight excluding hydrogens is 208 g/mol. The quantitative estimate of drug-likeness (QED) is 0.674. The van der Waals surface area contributed by atoms with Gasteiger partial charge in [0, 0.05) is 12.1 Å². The average molecular weight is 225 g/mol. The Hall–Kier alpha value is -0.960. The van der Waals surface area contributed by atoms with Gasteiger partial charge in [-0.15, -0.1) is 0 Å². The highest BCUT2D eigenvalue weighted by molar-refractivity contribution is 5.39. The van der Waals surface area contributed by atoms with Gasteiger partial charge in [-0.3, -0.25) is 0 Å². The maximum Gasteiger partial charge on any atom is 0.129 e. The van der Waals surface area contributed by atoms with Crippen molar-refractivity contribution in [3.8, 4) is 0 Å². The molecule has 16 heavy (non-hydrogen) atoms. The van der Waals surface area contributed by atoms with Crippen molar-refractivity contribution in [3.05, 3.63) is 34.4 Å². The fraction of sp³-hybridized carbons (Fsp3) is 0.538. The molecule has 1 nitrogen and oxygen atoms in total. The molecule has 0 heterocycles. The molecule has 2 N–H and O–H groups in total. The standard InChI is InChI=1S/C13H17F2N/c1-7-3-4-9-11(15)6-10(14)8(2)13(9)12(16)5-7/h6-7,12H,3-5,16H2,1-2H3. The van der Waals surface area contributed by atoms with Crippen molar-refractivity contribution in [1.29, 1.82) is 0 Å². The maximum atomic E-state index is 13.7. The van der Waals surface area contributed by atoms with E-state index in [1.165, 1.54) is 0 Å². The van der Waals surface area contributed by atoms with E-state index in [4.69, 9.17) is 5.73 Å². The summed E-state index contributed by atoms with van der Waals surface area (Å²) in [5, 5.41) is 0. The fourth-order valence-electron chi connectivity index (χ4n) is 2.61. The number of halogens is 2. The molecule has 0 saturated heterocycles. The first-order valence-electron chi connectivity index (χ1n) is 5.73. The van der Waals surface area contributed by atoms with E-state index < -0.39 is 11.6 Å². The minimum atomic E-state index is -0.485. The number of fused-ring (bicyclic) bond motifs is 1. The van der Waals surface area contributed by atoms with Crippen LogP contribution in [0.15, 0.2) is 6.07 Å².